The standard InChI is InChI=1S/C28H32N4O2S/c1-28(18-21-3-6-24(7-4-21)32-13-2-12-29-32)11-9-27(35-28)30-14-10-22-5-8-25(17-23(22)19-30)31-15-16-34-20-26(31)33/h2-8,12-13,17,27H,9-11,14-16,18-20H2,1H3. The van der Waals surface area contributed by atoms with Crippen LogP contribution in [0.3, 0.4) is 0 Å². The number of rotatable bonds is 5. The van der Waals surface area contributed by atoms with Crippen molar-refractivity contribution in [1.29, 1.82) is 0 Å². The Kier molecular flexibility index (Phi) is 6.16. The average molecular weight is 489 g/mol. The maximum absolute atomic E-state index is 12.3. The molecular formula is C28H32N4O2S. The Hall–Kier alpha value is -2.61. The summed E-state index contributed by atoms with van der Waals surface area (Å²) in [6, 6.07) is 17.4. The Labute approximate surface area is 211 Å². The quantitative estimate of drug-likeness (QED) is 0.531. The van der Waals surface area contributed by atoms with E-state index in [2.05, 4.69) is 71.1 Å². The van der Waals surface area contributed by atoms with Gasteiger partial charge in [0.2, 0.25) is 0 Å². The van der Waals surface area contributed by atoms with E-state index < -0.39 is 0 Å². The van der Waals surface area contributed by atoms with Crippen molar-refractivity contribution in [3.63, 3.8) is 0 Å². The molecule has 35 heavy (non-hydrogen) atoms. The molecule has 3 aliphatic heterocycles. The number of fused-ring (bicyclic) bond motifs is 1. The van der Waals surface area contributed by atoms with Crippen LogP contribution in [0.25, 0.3) is 5.69 Å². The van der Waals surface area contributed by atoms with Gasteiger partial charge in [-0.05, 0) is 72.7 Å². The normalized spacial score (nSPS) is 25.1. The van der Waals surface area contributed by atoms with Crippen molar-refractivity contribution >= 4 is 23.4 Å². The predicted octanol–water partition coefficient (Wildman–Crippen LogP) is 4.45. The summed E-state index contributed by atoms with van der Waals surface area (Å²) in [7, 11) is 0. The molecule has 0 saturated carbocycles. The summed E-state index contributed by atoms with van der Waals surface area (Å²) in [6.07, 6.45) is 8.41. The number of hydrogen-bond donors (Lipinski definition) is 0. The first-order valence-corrected chi connectivity index (χ1v) is 13.5. The molecule has 2 atom stereocenters. The molecule has 0 N–H and O–H groups in total. The number of carbonyl (C=O) groups excluding carboxylic acids is 1. The van der Waals surface area contributed by atoms with Crippen LogP contribution in [-0.2, 0) is 28.9 Å². The largest absolute Gasteiger partial charge is 0.370 e. The van der Waals surface area contributed by atoms with Crippen molar-refractivity contribution in [2.45, 2.75) is 49.3 Å². The molecule has 1 amide bonds. The van der Waals surface area contributed by atoms with Gasteiger partial charge in [-0.3, -0.25) is 9.69 Å². The van der Waals surface area contributed by atoms with Crippen molar-refractivity contribution in [2.24, 2.45) is 0 Å². The fourth-order valence-electron chi connectivity index (χ4n) is 5.65. The first kappa shape index (κ1) is 22.8. The third-order valence-corrected chi connectivity index (χ3v) is 9.28. The second-order valence-electron chi connectivity index (χ2n) is 10.1. The van der Waals surface area contributed by atoms with Crippen LogP contribution in [0.4, 0.5) is 5.69 Å². The van der Waals surface area contributed by atoms with E-state index in [4.69, 9.17) is 4.74 Å². The van der Waals surface area contributed by atoms with E-state index in [9.17, 15) is 4.79 Å². The van der Waals surface area contributed by atoms with Gasteiger partial charge in [0, 0.05) is 42.5 Å². The van der Waals surface area contributed by atoms with Crippen molar-refractivity contribution in [3.8, 4) is 5.69 Å². The van der Waals surface area contributed by atoms with Gasteiger partial charge in [-0.25, -0.2) is 4.68 Å². The summed E-state index contributed by atoms with van der Waals surface area (Å²) >= 11 is 2.15. The fourth-order valence-corrected chi connectivity index (χ4v) is 7.36. The number of anilines is 1. The molecule has 0 spiro atoms. The SMILES string of the molecule is CC1(Cc2ccc(-n3cccn3)cc2)CCC(N2CCc3ccc(N4CCOCC4=O)cc3C2)S1. The second-order valence-corrected chi connectivity index (χ2v) is 11.9. The number of carbonyl (C=O) groups is 1. The summed E-state index contributed by atoms with van der Waals surface area (Å²) in [6.45, 7) is 5.94. The van der Waals surface area contributed by atoms with Crippen LogP contribution in [0.2, 0.25) is 0 Å². The number of ether oxygens (including phenoxy) is 1. The molecule has 6 nitrogen and oxygen atoms in total. The predicted molar refractivity (Wildman–Crippen MR) is 140 cm³/mol. The number of nitrogens with zero attached hydrogens (tertiary/aromatic N) is 4. The highest BCUT2D eigenvalue weighted by molar-refractivity contribution is 8.01. The zero-order valence-corrected chi connectivity index (χ0v) is 21.0. The number of benzene rings is 2. The Morgan fingerprint density at radius 1 is 1.11 bits per heavy atom. The third kappa shape index (κ3) is 4.77. The summed E-state index contributed by atoms with van der Waals surface area (Å²) in [5.41, 5.74) is 6.30. The van der Waals surface area contributed by atoms with E-state index in [1.165, 1.54) is 29.5 Å². The number of hydrogen-bond acceptors (Lipinski definition) is 5. The van der Waals surface area contributed by atoms with Crippen LogP contribution >= 0.6 is 11.8 Å². The van der Waals surface area contributed by atoms with E-state index in [0.717, 1.165) is 37.3 Å². The molecule has 0 bridgehead atoms. The number of thioether (sulfide) groups is 1. The zero-order valence-electron chi connectivity index (χ0n) is 20.2. The molecule has 4 heterocycles. The molecule has 1 aromatic heterocycles. The lowest BCUT2D eigenvalue weighted by Gasteiger charge is -2.35. The van der Waals surface area contributed by atoms with E-state index in [-0.39, 0.29) is 17.3 Å². The molecule has 2 unspecified atom stereocenters. The minimum atomic E-state index is 0.0589. The smallest absolute Gasteiger partial charge is 0.253 e. The van der Waals surface area contributed by atoms with Crippen molar-refractivity contribution < 1.29 is 9.53 Å². The molecule has 0 radical (unpaired) electrons. The highest BCUT2D eigenvalue weighted by atomic mass is 32.2. The van der Waals surface area contributed by atoms with Gasteiger partial charge in [-0.15, -0.1) is 11.8 Å². The first-order valence-electron chi connectivity index (χ1n) is 12.6. The number of morpholine rings is 1. The Bertz CT molecular complexity index is 1200. The van der Waals surface area contributed by atoms with Crippen LogP contribution in [0, 0.1) is 0 Å². The summed E-state index contributed by atoms with van der Waals surface area (Å²) in [5, 5.41) is 4.88. The minimum absolute atomic E-state index is 0.0589. The monoisotopic (exact) mass is 488 g/mol. The summed E-state index contributed by atoms with van der Waals surface area (Å²) in [4.78, 5) is 16.9. The van der Waals surface area contributed by atoms with Gasteiger partial charge < -0.3 is 9.64 Å². The first-order chi connectivity index (χ1) is 17.1. The van der Waals surface area contributed by atoms with Gasteiger partial charge in [0.1, 0.15) is 6.61 Å². The van der Waals surface area contributed by atoms with E-state index >= 15 is 0 Å². The van der Waals surface area contributed by atoms with Gasteiger partial charge >= 0.3 is 0 Å². The van der Waals surface area contributed by atoms with E-state index in [0.29, 0.717) is 18.5 Å². The molecule has 2 aromatic carbocycles. The lowest BCUT2D eigenvalue weighted by Crippen LogP contribution is -2.42. The van der Waals surface area contributed by atoms with Crippen LogP contribution in [-0.4, -0.2) is 57.0 Å². The maximum Gasteiger partial charge on any atom is 0.253 e. The maximum atomic E-state index is 12.3. The van der Waals surface area contributed by atoms with Crippen LogP contribution in [0.1, 0.15) is 36.5 Å². The molecule has 2 fully saturated rings. The van der Waals surface area contributed by atoms with Gasteiger partial charge in [0.05, 0.1) is 17.7 Å². The minimum Gasteiger partial charge on any atom is -0.370 e. The van der Waals surface area contributed by atoms with Crippen molar-refractivity contribution in [2.75, 3.05) is 31.2 Å². The summed E-state index contributed by atoms with van der Waals surface area (Å²) < 4.78 is 7.46. The Balaban J connectivity index is 1.11. The third-order valence-electron chi connectivity index (χ3n) is 7.56. The van der Waals surface area contributed by atoms with Crippen LogP contribution in [0.15, 0.2) is 60.9 Å². The van der Waals surface area contributed by atoms with Crippen molar-refractivity contribution in [1.82, 2.24) is 14.7 Å². The molecule has 6 rings (SSSR count). The molecule has 182 valence electrons. The number of amides is 1. The van der Waals surface area contributed by atoms with Crippen LogP contribution < -0.4 is 4.90 Å². The molecular weight excluding hydrogens is 456 g/mol. The molecule has 2 saturated heterocycles. The van der Waals surface area contributed by atoms with Gasteiger partial charge in [0.25, 0.3) is 5.91 Å². The van der Waals surface area contributed by atoms with Crippen LogP contribution in [0.5, 0.6) is 0 Å². The Morgan fingerprint density at radius 3 is 2.77 bits per heavy atom. The van der Waals surface area contributed by atoms with Crippen molar-refractivity contribution in [3.05, 3.63) is 77.6 Å². The average Bonchev–Trinajstić information content (AvgIpc) is 3.55. The fraction of sp³-hybridized carbons (Fsp3) is 0.429. The van der Waals surface area contributed by atoms with E-state index in [1.54, 1.807) is 0 Å². The second kappa shape index (κ2) is 9.45. The zero-order chi connectivity index (χ0) is 23.8. The van der Waals surface area contributed by atoms with E-state index in [1.807, 2.05) is 28.0 Å². The highest BCUT2D eigenvalue weighted by Gasteiger charge is 2.39. The number of aromatic nitrogens is 2. The van der Waals surface area contributed by atoms with Gasteiger partial charge in [-0.1, -0.05) is 25.1 Å². The summed E-state index contributed by atoms with van der Waals surface area (Å²) in [5.74, 6) is 0.0589. The molecule has 7 heteroatoms. The highest BCUT2D eigenvalue weighted by Crippen LogP contribution is 2.47. The topological polar surface area (TPSA) is 50.6 Å². The molecule has 3 aromatic rings. The Morgan fingerprint density at radius 2 is 1.97 bits per heavy atom. The van der Waals surface area contributed by atoms with Gasteiger partial charge in [-0.2, -0.15) is 5.10 Å². The molecule has 3 aliphatic rings. The lowest BCUT2D eigenvalue weighted by molar-refractivity contribution is -0.125. The molecule has 0 aliphatic carbocycles. The lowest BCUT2D eigenvalue weighted by atomic mass is 9.95. The van der Waals surface area contributed by atoms with Gasteiger partial charge in [0.15, 0.2) is 0 Å².